The molecule has 1 aliphatic heterocycles. The topological polar surface area (TPSA) is 54.0 Å². The molecule has 0 aliphatic carbocycles. The maximum Gasteiger partial charge on any atom is 0.260 e. The molecule has 0 bridgehead atoms. The molecule has 32 heavy (non-hydrogen) atoms. The summed E-state index contributed by atoms with van der Waals surface area (Å²) in [5.41, 5.74) is 5.87. The number of aromatic amines is 1. The first-order valence-corrected chi connectivity index (χ1v) is 10.7. The lowest BCUT2D eigenvalue weighted by molar-refractivity contribution is -0.0661. The van der Waals surface area contributed by atoms with E-state index in [9.17, 15) is 8.78 Å². The molecule has 1 aromatic carbocycles. The van der Waals surface area contributed by atoms with Gasteiger partial charge in [-0.3, -0.25) is 4.90 Å². The van der Waals surface area contributed by atoms with Gasteiger partial charge >= 0.3 is 0 Å². The van der Waals surface area contributed by atoms with Gasteiger partial charge in [0.15, 0.2) is 0 Å². The highest BCUT2D eigenvalue weighted by molar-refractivity contribution is 5.95. The molecule has 164 valence electrons. The number of H-pyrrole nitrogens is 1. The van der Waals surface area contributed by atoms with Gasteiger partial charge in [0.05, 0.1) is 13.7 Å². The smallest absolute Gasteiger partial charge is 0.260 e. The van der Waals surface area contributed by atoms with Crippen LogP contribution < -0.4 is 4.74 Å². The fourth-order valence-corrected chi connectivity index (χ4v) is 4.30. The van der Waals surface area contributed by atoms with Gasteiger partial charge < -0.3 is 9.72 Å². The average molecular weight is 434 g/mol. The summed E-state index contributed by atoms with van der Waals surface area (Å²) < 4.78 is 32.5. The van der Waals surface area contributed by atoms with Crippen molar-refractivity contribution >= 4 is 11.0 Å². The van der Waals surface area contributed by atoms with E-state index in [1.165, 1.54) is 0 Å². The van der Waals surface area contributed by atoms with E-state index in [1.807, 2.05) is 53.7 Å². The summed E-state index contributed by atoms with van der Waals surface area (Å²) in [7, 11) is 1.59. The third-order valence-electron chi connectivity index (χ3n) is 5.95. The number of aromatic nitrogens is 3. The van der Waals surface area contributed by atoms with Gasteiger partial charge in [0, 0.05) is 59.7 Å². The number of pyridine rings is 2. The number of alkyl halides is 2. The van der Waals surface area contributed by atoms with Crippen molar-refractivity contribution in [1.82, 2.24) is 19.9 Å². The molecule has 4 aromatic rings. The van der Waals surface area contributed by atoms with Gasteiger partial charge in [0.1, 0.15) is 5.65 Å². The molecule has 0 unspecified atom stereocenters. The number of nitrogens with one attached hydrogen (secondary N) is 1. The van der Waals surface area contributed by atoms with Crippen molar-refractivity contribution < 1.29 is 13.5 Å². The Kier molecular flexibility index (Phi) is 5.35. The number of fused-ring (bicyclic) bond motifs is 1. The predicted octanol–water partition coefficient (Wildman–Crippen LogP) is 5.53. The second-order valence-electron chi connectivity index (χ2n) is 8.28. The van der Waals surface area contributed by atoms with Gasteiger partial charge in [-0.25, -0.2) is 18.7 Å². The first-order valence-electron chi connectivity index (χ1n) is 10.7. The van der Waals surface area contributed by atoms with Crippen LogP contribution >= 0.6 is 0 Å². The van der Waals surface area contributed by atoms with Crippen LogP contribution in [0.2, 0.25) is 0 Å². The fraction of sp³-hybridized carbons (Fsp3) is 0.280. The molecular formula is C25H24F2N4O. The van der Waals surface area contributed by atoms with Crippen LogP contribution in [0.1, 0.15) is 18.4 Å². The molecule has 3 aromatic heterocycles. The van der Waals surface area contributed by atoms with Crippen LogP contribution in [0.4, 0.5) is 8.78 Å². The minimum Gasteiger partial charge on any atom is -0.481 e. The normalized spacial score (nSPS) is 16.3. The summed E-state index contributed by atoms with van der Waals surface area (Å²) >= 11 is 0. The first kappa shape index (κ1) is 20.6. The Morgan fingerprint density at radius 1 is 1.03 bits per heavy atom. The second kappa shape index (κ2) is 8.31. The number of hydrogen-bond donors (Lipinski definition) is 1. The summed E-state index contributed by atoms with van der Waals surface area (Å²) in [6.45, 7) is 1.10. The molecule has 0 radical (unpaired) electrons. The first-order chi connectivity index (χ1) is 15.5. The predicted molar refractivity (Wildman–Crippen MR) is 121 cm³/mol. The van der Waals surface area contributed by atoms with Crippen molar-refractivity contribution in [2.45, 2.75) is 25.3 Å². The molecule has 1 aliphatic rings. The Bertz CT molecular complexity index is 1220. The molecule has 5 rings (SSSR count). The Morgan fingerprint density at radius 2 is 1.81 bits per heavy atom. The maximum atomic E-state index is 13.7. The molecule has 1 fully saturated rings. The van der Waals surface area contributed by atoms with E-state index in [2.05, 4.69) is 21.0 Å². The van der Waals surface area contributed by atoms with Crippen LogP contribution in [-0.2, 0) is 6.54 Å². The molecule has 0 saturated carbocycles. The highest BCUT2D eigenvalue weighted by atomic mass is 19.3. The number of benzene rings is 1. The highest BCUT2D eigenvalue weighted by Crippen LogP contribution is 2.32. The largest absolute Gasteiger partial charge is 0.481 e. The van der Waals surface area contributed by atoms with Crippen molar-refractivity contribution in [1.29, 1.82) is 0 Å². The molecule has 1 N–H and O–H groups in total. The Hall–Kier alpha value is -3.32. The number of likely N-dealkylation sites (tertiary alicyclic amines) is 1. The van der Waals surface area contributed by atoms with Gasteiger partial charge in [-0.2, -0.15) is 0 Å². The van der Waals surface area contributed by atoms with E-state index < -0.39 is 5.92 Å². The zero-order chi connectivity index (χ0) is 22.1. The van der Waals surface area contributed by atoms with Gasteiger partial charge in [-0.05, 0) is 36.2 Å². The minimum absolute atomic E-state index is 0.00829. The van der Waals surface area contributed by atoms with E-state index in [0.29, 0.717) is 25.4 Å². The number of halogens is 2. The number of piperidine rings is 1. The van der Waals surface area contributed by atoms with Crippen LogP contribution in [0, 0.1) is 0 Å². The molecule has 0 amide bonds. The van der Waals surface area contributed by atoms with Crippen molar-refractivity contribution in [2.24, 2.45) is 0 Å². The highest BCUT2D eigenvalue weighted by Gasteiger charge is 2.34. The number of hydrogen-bond acceptors (Lipinski definition) is 4. The lowest BCUT2D eigenvalue weighted by Crippen LogP contribution is -2.41. The molecule has 5 nitrogen and oxygen atoms in total. The van der Waals surface area contributed by atoms with Crippen LogP contribution in [0.15, 0.2) is 61.1 Å². The Labute approximate surface area is 185 Å². The number of ether oxygens (including phenoxy) is 1. The monoisotopic (exact) mass is 434 g/mol. The molecule has 7 heteroatoms. The summed E-state index contributed by atoms with van der Waals surface area (Å²) in [6, 6.07) is 14.0. The van der Waals surface area contributed by atoms with Crippen molar-refractivity contribution in [3.05, 3.63) is 66.6 Å². The molecule has 1 saturated heterocycles. The van der Waals surface area contributed by atoms with E-state index in [0.717, 1.165) is 38.9 Å². The summed E-state index contributed by atoms with van der Waals surface area (Å²) in [6.07, 6.45) is 6.09. The summed E-state index contributed by atoms with van der Waals surface area (Å²) in [5.74, 6) is -2.01. The Morgan fingerprint density at radius 3 is 2.53 bits per heavy atom. The summed E-state index contributed by atoms with van der Waals surface area (Å²) in [5, 5.41) is 1.01. The number of rotatable bonds is 5. The van der Waals surface area contributed by atoms with Crippen molar-refractivity contribution in [2.75, 3.05) is 20.2 Å². The third kappa shape index (κ3) is 4.21. The SMILES string of the molecule is COc1ccc(-c2c[nH]c3ncc(-c4ccc(CN5CCCC(F)(F)C5)cc4)cc23)cn1. The van der Waals surface area contributed by atoms with Crippen LogP contribution in [0.25, 0.3) is 33.3 Å². The van der Waals surface area contributed by atoms with Crippen LogP contribution in [-0.4, -0.2) is 46.0 Å². The van der Waals surface area contributed by atoms with E-state index in [1.54, 1.807) is 13.3 Å². The molecular weight excluding hydrogens is 410 g/mol. The number of methoxy groups -OCH3 is 1. The zero-order valence-electron chi connectivity index (χ0n) is 17.8. The van der Waals surface area contributed by atoms with E-state index in [-0.39, 0.29) is 13.0 Å². The molecule has 4 heterocycles. The standard InChI is InChI=1S/C25H24F2N4O/c1-32-23-8-7-19(12-28-23)22-14-30-24-21(22)11-20(13-29-24)18-5-3-17(4-6-18)15-31-10-2-9-25(26,27)16-31/h3-8,11-14H,2,9-10,15-16H2,1H3,(H,29,30). The fourth-order valence-electron chi connectivity index (χ4n) is 4.30. The zero-order valence-corrected chi connectivity index (χ0v) is 17.8. The second-order valence-corrected chi connectivity index (χ2v) is 8.28. The number of nitrogens with zero attached hydrogens (tertiary/aromatic N) is 3. The van der Waals surface area contributed by atoms with Crippen molar-refractivity contribution in [3.8, 4) is 28.1 Å². The summed E-state index contributed by atoms with van der Waals surface area (Å²) in [4.78, 5) is 13.9. The quantitative estimate of drug-likeness (QED) is 0.449. The molecule has 0 atom stereocenters. The third-order valence-corrected chi connectivity index (χ3v) is 5.95. The van der Waals surface area contributed by atoms with E-state index in [4.69, 9.17) is 4.74 Å². The average Bonchev–Trinajstić information content (AvgIpc) is 3.22. The van der Waals surface area contributed by atoms with Gasteiger partial charge in [-0.1, -0.05) is 24.3 Å². The Balaban J connectivity index is 1.38. The minimum atomic E-state index is -2.58. The van der Waals surface area contributed by atoms with Crippen LogP contribution in [0.3, 0.4) is 0 Å². The van der Waals surface area contributed by atoms with Gasteiger partial charge in [0.2, 0.25) is 5.88 Å². The molecule has 0 spiro atoms. The van der Waals surface area contributed by atoms with Crippen molar-refractivity contribution in [3.63, 3.8) is 0 Å². The van der Waals surface area contributed by atoms with Gasteiger partial charge in [0.25, 0.3) is 5.92 Å². The van der Waals surface area contributed by atoms with E-state index >= 15 is 0 Å². The van der Waals surface area contributed by atoms with Crippen LogP contribution in [0.5, 0.6) is 5.88 Å². The van der Waals surface area contributed by atoms with Gasteiger partial charge in [-0.15, -0.1) is 0 Å². The maximum absolute atomic E-state index is 13.7. The lowest BCUT2D eigenvalue weighted by atomic mass is 10.0. The lowest BCUT2D eigenvalue weighted by Gasteiger charge is -2.32.